The fourth-order valence-corrected chi connectivity index (χ4v) is 1.92. The van der Waals surface area contributed by atoms with Crippen molar-refractivity contribution in [2.24, 2.45) is 0 Å². The minimum absolute atomic E-state index is 0.174. The number of aliphatic hydroxyl groups excluding tert-OH is 1. The van der Waals surface area contributed by atoms with Gasteiger partial charge in [0.2, 0.25) is 0 Å². The van der Waals surface area contributed by atoms with Crippen LogP contribution >= 0.6 is 16.1 Å². The van der Waals surface area contributed by atoms with E-state index in [0.29, 0.717) is 6.04 Å². The Balaban J connectivity index is 2.08. The molecular formula is C8H17BrN2O. The van der Waals surface area contributed by atoms with E-state index in [9.17, 15) is 0 Å². The Labute approximate surface area is 82.7 Å². The van der Waals surface area contributed by atoms with E-state index in [1.54, 1.807) is 0 Å². The SMILES string of the molecule is CC(O)CCN(C)C1CN(Br)C1. The zero-order valence-corrected chi connectivity index (χ0v) is 9.29. The fraction of sp³-hybridized carbons (Fsp3) is 1.00. The van der Waals surface area contributed by atoms with Crippen molar-refractivity contribution in [1.29, 1.82) is 0 Å². The summed E-state index contributed by atoms with van der Waals surface area (Å²) in [4.78, 5) is 2.31. The predicted molar refractivity (Wildman–Crippen MR) is 53.2 cm³/mol. The number of aliphatic hydroxyl groups is 1. The maximum absolute atomic E-state index is 9.08. The lowest BCUT2D eigenvalue weighted by Crippen LogP contribution is -2.54. The third kappa shape index (κ3) is 3.01. The van der Waals surface area contributed by atoms with Crippen LogP contribution in [0.5, 0.6) is 0 Å². The van der Waals surface area contributed by atoms with Gasteiger partial charge < -0.3 is 10.0 Å². The molecule has 1 aliphatic rings. The molecule has 1 aliphatic heterocycles. The molecule has 1 unspecified atom stereocenters. The molecular weight excluding hydrogens is 220 g/mol. The summed E-state index contributed by atoms with van der Waals surface area (Å²) in [6.45, 7) is 5.02. The normalized spacial score (nSPS) is 22.8. The number of hydrogen-bond acceptors (Lipinski definition) is 3. The summed E-state index contributed by atoms with van der Waals surface area (Å²) in [6.07, 6.45) is 0.697. The van der Waals surface area contributed by atoms with Crippen molar-refractivity contribution in [3.8, 4) is 0 Å². The van der Waals surface area contributed by atoms with Crippen molar-refractivity contribution in [2.45, 2.75) is 25.5 Å². The van der Waals surface area contributed by atoms with Crippen LogP contribution in [0.25, 0.3) is 0 Å². The molecule has 4 heteroatoms. The van der Waals surface area contributed by atoms with Crippen molar-refractivity contribution in [3.05, 3.63) is 0 Å². The first-order valence-electron chi connectivity index (χ1n) is 4.38. The minimum Gasteiger partial charge on any atom is -0.393 e. The monoisotopic (exact) mass is 236 g/mol. The molecule has 3 nitrogen and oxygen atoms in total. The summed E-state index contributed by atoms with van der Waals surface area (Å²) < 4.78 is 2.12. The number of hydrogen-bond donors (Lipinski definition) is 1. The lowest BCUT2D eigenvalue weighted by molar-refractivity contribution is 0.100. The van der Waals surface area contributed by atoms with Gasteiger partial charge in [0.05, 0.1) is 6.10 Å². The van der Waals surface area contributed by atoms with Gasteiger partial charge in [0, 0.05) is 41.8 Å². The van der Waals surface area contributed by atoms with E-state index in [2.05, 4.69) is 32.0 Å². The van der Waals surface area contributed by atoms with Gasteiger partial charge in [-0.25, -0.2) is 3.93 Å². The number of nitrogens with zero attached hydrogens (tertiary/aromatic N) is 2. The highest BCUT2D eigenvalue weighted by Crippen LogP contribution is 2.17. The predicted octanol–water partition coefficient (Wildman–Crippen LogP) is 0.683. The van der Waals surface area contributed by atoms with Crippen LogP contribution in [0, 0.1) is 0 Å². The molecule has 1 heterocycles. The Morgan fingerprint density at radius 1 is 1.67 bits per heavy atom. The molecule has 0 amide bonds. The van der Waals surface area contributed by atoms with Crippen LogP contribution in [0.2, 0.25) is 0 Å². The second-order valence-corrected chi connectivity index (χ2v) is 4.60. The van der Waals surface area contributed by atoms with Gasteiger partial charge in [-0.3, -0.25) is 0 Å². The van der Waals surface area contributed by atoms with Crippen molar-refractivity contribution < 1.29 is 5.11 Å². The van der Waals surface area contributed by atoms with Gasteiger partial charge in [0.25, 0.3) is 0 Å². The average molecular weight is 237 g/mol. The largest absolute Gasteiger partial charge is 0.393 e. The van der Waals surface area contributed by atoms with Gasteiger partial charge in [-0.1, -0.05) is 0 Å². The van der Waals surface area contributed by atoms with E-state index in [1.807, 2.05) is 6.92 Å². The molecule has 0 aliphatic carbocycles. The van der Waals surface area contributed by atoms with E-state index < -0.39 is 0 Å². The topological polar surface area (TPSA) is 26.7 Å². The van der Waals surface area contributed by atoms with Crippen LogP contribution < -0.4 is 0 Å². The molecule has 72 valence electrons. The lowest BCUT2D eigenvalue weighted by Gasteiger charge is -2.40. The van der Waals surface area contributed by atoms with E-state index in [1.165, 1.54) is 0 Å². The van der Waals surface area contributed by atoms with Crippen LogP contribution in [0.4, 0.5) is 0 Å². The standard InChI is InChI=1S/C8H17BrN2O/c1-7(12)3-4-10(2)8-5-11(9)6-8/h7-8,12H,3-6H2,1-2H3. The zero-order valence-electron chi connectivity index (χ0n) is 7.70. The van der Waals surface area contributed by atoms with Crippen LogP contribution in [-0.2, 0) is 0 Å². The molecule has 12 heavy (non-hydrogen) atoms. The van der Waals surface area contributed by atoms with Crippen LogP contribution in [-0.4, -0.2) is 52.8 Å². The van der Waals surface area contributed by atoms with Gasteiger partial charge in [0.1, 0.15) is 0 Å². The second-order valence-electron chi connectivity index (χ2n) is 3.60. The molecule has 1 N–H and O–H groups in total. The lowest BCUT2D eigenvalue weighted by atomic mass is 10.1. The molecule has 0 bridgehead atoms. The second kappa shape index (κ2) is 4.56. The minimum atomic E-state index is -0.174. The zero-order chi connectivity index (χ0) is 9.14. The molecule has 0 saturated carbocycles. The molecule has 1 rings (SSSR count). The summed E-state index contributed by atoms with van der Waals surface area (Å²) >= 11 is 3.41. The van der Waals surface area contributed by atoms with Gasteiger partial charge in [-0.05, 0) is 20.4 Å². The molecule has 0 aromatic heterocycles. The van der Waals surface area contributed by atoms with Crippen LogP contribution in [0.1, 0.15) is 13.3 Å². The first kappa shape index (κ1) is 10.4. The Morgan fingerprint density at radius 3 is 2.67 bits per heavy atom. The van der Waals surface area contributed by atoms with E-state index in [-0.39, 0.29) is 6.10 Å². The maximum atomic E-state index is 9.08. The number of likely N-dealkylation sites (N-methyl/N-ethyl adjacent to an activating group) is 1. The van der Waals surface area contributed by atoms with Gasteiger partial charge in [-0.2, -0.15) is 0 Å². The van der Waals surface area contributed by atoms with Crippen molar-refractivity contribution in [2.75, 3.05) is 26.7 Å². The molecule has 1 saturated heterocycles. The summed E-state index contributed by atoms with van der Waals surface area (Å²) in [6, 6.07) is 0.670. The maximum Gasteiger partial charge on any atom is 0.0524 e. The van der Waals surface area contributed by atoms with Crippen molar-refractivity contribution in [1.82, 2.24) is 8.83 Å². The highest BCUT2D eigenvalue weighted by Gasteiger charge is 2.27. The van der Waals surface area contributed by atoms with Gasteiger partial charge in [0.15, 0.2) is 0 Å². The fourth-order valence-electron chi connectivity index (χ4n) is 1.26. The first-order valence-corrected chi connectivity index (χ1v) is 5.09. The van der Waals surface area contributed by atoms with Gasteiger partial charge in [-0.15, -0.1) is 0 Å². The quantitative estimate of drug-likeness (QED) is 0.728. The number of halogens is 1. The van der Waals surface area contributed by atoms with Crippen molar-refractivity contribution >= 4 is 16.1 Å². The van der Waals surface area contributed by atoms with E-state index in [4.69, 9.17) is 5.11 Å². The Kier molecular flexibility index (Phi) is 3.96. The highest BCUT2D eigenvalue weighted by atomic mass is 79.9. The molecule has 0 aromatic carbocycles. The van der Waals surface area contributed by atoms with Gasteiger partial charge >= 0.3 is 0 Å². The Morgan fingerprint density at radius 2 is 2.25 bits per heavy atom. The average Bonchev–Trinajstić information content (AvgIpc) is 1.94. The first-order chi connectivity index (χ1) is 5.59. The smallest absolute Gasteiger partial charge is 0.0524 e. The van der Waals surface area contributed by atoms with Crippen LogP contribution in [0.15, 0.2) is 0 Å². The Bertz CT molecular complexity index is 137. The summed E-state index contributed by atoms with van der Waals surface area (Å²) in [5, 5.41) is 9.08. The molecule has 0 aromatic rings. The number of rotatable bonds is 4. The summed E-state index contributed by atoms with van der Waals surface area (Å²) in [5.41, 5.74) is 0. The summed E-state index contributed by atoms with van der Waals surface area (Å²) in [5.74, 6) is 0. The molecule has 1 fully saturated rings. The van der Waals surface area contributed by atoms with E-state index in [0.717, 1.165) is 26.1 Å². The van der Waals surface area contributed by atoms with E-state index >= 15 is 0 Å². The summed E-state index contributed by atoms with van der Waals surface area (Å²) in [7, 11) is 2.12. The third-order valence-corrected chi connectivity index (χ3v) is 2.92. The highest BCUT2D eigenvalue weighted by molar-refractivity contribution is 9.07. The Hall–Kier alpha value is 0.360. The molecule has 0 spiro atoms. The molecule has 0 radical (unpaired) electrons. The van der Waals surface area contributed by atoms with Crippen LogP contribution in [0.3, 0.4) is 0 Å². The third-order valence-electron chi connectivity index (χ3n) is 2.34. The van der Waals surface area contributed by atoms with Crippen molar-refractivity contribution in [3.63, 3.8) is 0 Å². The molecule has 1 atom stereocenters.